The number of carbonyl (C=O) groups is 2. The summed E-state index contributed by atoms with van der Waals surface area (Å²) in [6.07, 6.45) is 0.654. The summed E-state index contributed by atoms with van der Waals surface area (Å²) in [5.74, 6) is -0.0762. The second-order valence-corrected chi connectivity index (χ2v) is 10.4. The molecular weight excluding hydrogens is 482 g/mol. The van der Waals surface area contributed by atoms with Crippen LogP contribution >= 0.6 is 11.8 Å². The lowest BCUT2D eigenvalue weighted by Crippen LogP contribution is -2.30. The van der Waals surface area contributed by atoms with Crippen molar-refractivity contribution >= 4 is 34.4 Å². The Hall–Kier alpha value is -3.71. The van der Waals surface area contributed by atoms with Gasteiger partial charge in [-0.05, 0) is 69.5 Å². The monoisotopic (exact) mass is 513 g/mol. The molecule has 0 aliphatic heterocycles. The maximum atomic E-state index is 13.6. The van der Waals surface area contributed by atoms with Crippen LogP contribution in [-0.4, -0.2) is 33.0 Å². The largest absolute Gasteiger partial charge is 0.350 e. The van der Waals surface area contributed by atoms with Crippen LogP contribution in [0.15, 0.2) is 76.7 Å². The van der Waals surface area contributed by atoms with E-state index in [1.54, 1.807) is 22.8 Å². The topological polar surface area (TPSA) is 81.1 Å². The number of aromatic nitrogens is 2. The first-order valence-electron chi connectivity index (χ1n) is 12.4. The van der Waals surface area contributed by atoms with Gasteiger partial charge >= 0.3 is 0 Å². The molecule has 0 atom stereocenters. The molecular formula is C30H31N3O3S. The zero-order valence-electron chi connectivity index (χ0n) is 21.6. The zero-order valence-corrected chi connectivity index (χ0v) is 22.4. The Labute approximate surface area is 221 Å². The van der Waals surface area contributed by atoms with Crippen LogP contribution in [0.3, 0.4) is 0 Å². The molecule has 0 aliphatic rings. The van der Waals surface area contributed by atoms with Crippen LogP contribution in [0.4, 0.5) is 0 Å². The van der Waals surface area contributed by atoms with E-state index >= 15 is 0 Å². The summed E-state index contributed by atoms with van der Waals surface area (Å²) in [5.41, 5.74) is 4.44. The number of thioether (sulfide) groups is 1. The summed E-state index contributed by atoms with van der Waals surface area (Å²) in [5, 5.41) is 3.78. The van der Waals surface area contributed by atoms with Crippen molar-refractivity contribution in [3.63, 3.8) is 0 Å². The van der Waals surface area contributed by atoms with Gasteiger partial charge in [0.05, 0.1) is 16.7 Å². The molecule has 4 rings (SSSR count). The predicted octanol–water partition coefficient (Wildman–Crippen LogP) is 5.37. The molecule has 1 amide bonds. The standard InChI is InChI=1S/C30H31N3O3S/c1-19(2)31-28(35)23-12-13-24-26(17-23)32-30(33(29(24)36)15-14-22-8-6-5-7-9-22)37-18-27(34)25-16-20(3)10-11-21(25)4/h5-13,16-17,19H,14-15,18H2,1-4H3,(H,31,35). The summed E-state index contributed by atoms with van der Waals surface area (Å²) in [4.78, 5) is 44.0. The van der Waals surface area contributed by atoms with Gasteiger partial charge in [-0.15, -0.1) is 0 Å². The first kappa shape index (κ1) is 26.4. The quantitative estimate of drug-likeness (QED) is 0.185. The molecule has 37 heavy (non-hydrogen) atoms. The Bertz CT molecular complexity index is 1510. The van der Waals surface area contributed by atoms with Gasteiger partial charge in [-0.3, -0.25) is 19.0 Å². The van der Waals surface area contributed by atoms with Crippen LogP contribution in [0.1, 0.15) is 51.3 Å². The number of carbonyl (C=O) groups excluding carboxylic acids is 2. The number of amides is 1. The molecule has 190 valence electrons. The van der Waals surface area contributed by atoms with Crippen molar-refractivity contribution in [3.05, 3.63) is 105 Å². The second-order valence-electron chi connectivity index (χ2n) is 9.48. The van der Waals surface area contributed by atoms with Crippen molar-refractivity contribution in [2.24, 2.45) is 0 Å². The van der Waals surface area contributed by atoms with E-state index < -0.39 is 0 Å². The molecule has 0 unspecified atom stereocenters. The molecule has 1 heterocycles. The molecule has 6 nitrogen and oxygen atoms in total. The van der Waals surface area contributed by atoms with Crippen LogP contribution in [0.2, 0.25) is 0 Å². The minimum Gasteiger partial charge on any atom is -0.350 e. The van der Waals surface area contributed by atoms with Crippen molar-refractivity contribution in [1.29, 1.82) is 0 Å². The number of ketones is 1. The van der Waals surface area contributed by atoms with Crippen LogP contribution in [0, 0.1) is 13.8 Å². The fourth-order valence-electron chi connectivity index (χ4n) is 4.12. The SMILES string of the molecule is Cc1ccc(C)c(C(=O)CSc2nc3cc(C(=O)NC(C)C)ccc3c(=O)n2CCc2ccccc2)c1. The van der Waals surface area contributed by atoms with Gasteiger partial charge in [-0.25, -0.2) is 4.98 Å². The van der Waals surface area contributed by atoms with E-state index in [1.165, 1.54) is 11.8 Å². The third-order valence-electron chi connectivity index (χ3n) is 6.10. The van der Waals surface area contributed by atoms with E-state index in [0.29, 0.717) is 40.2 Å². The minimum absolute atomic E-state index is 0.00986. The predicted molar refractivity (Wildman–Crippen MR) is 150 cm³/mol. The molecule has 3 aromatic carbocycles. The molecule has 0 aliphatic carbocycles. The Kier molecular flexibility index (Phi) is 8.24. The van der Waals surface area contributed by atoms with Gasteiger partial charge < -0.3 is 5.32 Å². The van der Waals surface area contributed by atoms with Crippen molar-refractivity contribution in [3.8, 4) is 0 Å². The fraction of sp³-hybridized carbons (Fsp3) is 0.267. The molecule has 0 saturated heterocycles. The number of nitrogens with zero attached hydrogens (tertiary/aromatic N) is 2. The number of aryl methyl sites for hydroxylation is 3. The second kappa shape index (κ2) is 11.6. The number of nitrogens with one attached hydrogen (secondary N) is 1. The molecule has 0 fully saturated rings. The summed E-state index contributed by atoms with van der Waals surface area (Å²) in [6.45, 7) is 8.10. The van der Waals surface area contributed by atoms with Crippen LogP contribution in [0.5, 0.6) is 0 Å². The lowest BCUT2D eigenvalue weighted by molar-refractivity contribution is 0.0942. The molecule has 0 bridgehead atoms. The number of hydrogen-bond donors (Lipinski definition) is 1. The number of Topliss-reactive ketones (excluding diaryl/α,β-unsaturated/α-hetero) is 1. The normalized spacial score (nSPS) is 11.2. The molecule has 1 N–H and O–H groups in total. The van der Waals surface area contributed by atoms with E-state index in [1.807, 2.05) is 76.2 Å². The minimum atomic E-state index is -0.216. The summed E-state index contributed by atoms with van der Waals surface area (Å²) >= 11 is 1.26. The van der Waals surface area contributed by atoms with Gasteiger partial charge in [0, 0.05) is 23.7 Å². The third-order valence-corrected chi connectivity index (χ3v) is 7.07. The van der Waals surface area contributed by atoms with Crippen molar-refractivity contribution in [1.82, 2.24) is 14.9 Å². The van der Waals surface area contributed by atoms with Crippen molar-refractivity contribution < 1.29 is 9.59 Å². The highest BCUT2D eigenvalue weighted by atomic mass is 32.2. The maximum Gasteiger partial charge on any atom is 0.262 e. The summed E-state index contributed by atoms with van der Waals surface area (Å²) in [7, 11) is 0. The smallest absolute Gasteiger partial charge is 0.262 e. The van der Waals surface area contributed by atoms with E-state index in [0.717, 1.165) is 16.7 Å². The highest BCUT2D eigenvalue weighted by Gasteiger charge is 2.17. The molecule has 7 heteroatoms. The Morgan fingerprint density at radius 3 is 2.49 bits per heavy atom. The molecule has 0 saturated carbocycles. The highest BCUT2D eigenvalue weighted by molar-refractivity contribution is 7.99. The fourth-order valence-corrected chi connectivity index (χ4v) is 5.03. The number of benzene rings is 3. The molecule has 0 spiro atoms. The first-order chi connectivity index (χ1) is 17.7. The lowest BCUT2D eigenvalue weighted by atomic mass is 10.0. The Morgan fingerprint density at radius 1 is 1.00 bits per heavy atom. The number of rotatable bonds is 9. The van der Waals surface area contributed by atoms with E-state index in [4.69, 9.17) is 4.98 Å². The summed E-state index contributed by atoms with van der Waals surface area (Å²) in [6, 6.07) is 20.7. The highest BCUT2D eigenvalue weighted by Crippen LogP contribution is 2.22. The van der Waals surface area contributed by atoms with Crippen molar-refractivity contribution in [2.45, 2.75) is 51.9 Å². The number of hydrogen-bond acceptors (Lipinski definition) is 5. The van der Waals surface area contributed by atoms with Gasteiger partial charge in [0.25, 0.3) is 11.5 Å². The average molecular weight is 514 g/mol. The van der Waals surface area contributed by atoms with E-state index in [9.17, 15) is 14.4 Å². The van der Waals surface area contributed by atoms with E-state index in [2.05, 4.69) is 5.32 Å². The summed E-state index contributed by atoms with van der Waals surface area (Å²) < 4.78 is 1.64. The van der Waals surface area contributed by atoms with Crippen LogP contribution < -0.4 is 10.9 Å². The van der Waals surface area contributed by atoms with E-state index in [-0.39, 0.29) is 29.0 Å². The van der Waals surface area contributed by atoms with Gasteiger partial charge in [0.15, 0.2) is 10.9 Å². The molecule has 1 aromatic heterocycles. The van der Waals surface area contributed by atoms with Gasteiger partial charge in [0.2, 0.25) is 0 Å². The average Bonchev–Trinajstić information content (AvgIpc) is 2.88. The zero-order chi connectivity index (χ0) is 26.5. The van der Waals surface area contributed by atoms with Gasteiger partial charge in [-0.1, -0.05) is 59.8 Å². The van der Waals surface area contributed by atoms with Gasteiger partial charge in [-0.2, -0.15) is 0 Å². The van der Waals surface area contributed by atoms with Crippen molar-refractivity contribution in [2.75, 3.05) is 5.75 Å². The Morgan fingerprint density at radius 2 is 1.76 bits per heavy atom. The third kappa shape index (κ3) is 6.35. The van der Waals surface area contributed by atoms with Crippen LogP contribution in [-0.2, 0) is 13.0 Å². The number of fused-ring (bicyclic) bond motifs is 1. The lowest BCUT2D eigenvalue weighted by Gasteiger charge is -2.14. The molecule has 0 radical (unpaired) electrons. The maximum absolute atomic E-state index is 13.6. The van der Waals surface area contributed by atoms with Crippen LogP contribution in [0.25, 0.3) is 10.9 Å². The van der Waals surface area contributed by atoms with Gasteiger partial charge in [0.1, 0.15) is 0 Å². The molecule has 4 aromatic rings. The Balaban J connectivity index is 1.70. The first-order valence-corrected chi connectivity index (χ1v) is 13.3.